The van der Waals surface area contributed by atoms with Crippen LogP contribution in [0.25, 0.3) is 0 Å². The molecule has 1 unspecified atom stereocenters. The molecule has 1 atom stereocenters. The Balaban J connectivity index is 1.85. The zero-order valence-electron chi connectivity index (χ0n) is 7.78. The summed E-state index contributed by atoms with van der Waals surface area (Å²) in [5, 5.41) is 0. The van der Waals surface area contributed by atoms with E-state index in [1.165, 1.54) is 38.0 Å². The van der Waals surface area contributed by atoms with Gasteiger partial charge in [-0.15, -0.1) is 0 Å². The van der Waals surface area contributed by atoms with E-state index in [2.05, 4.69) is 11.0 Å². The smallest absolute Gasteiger partial charge is 0.0937 e. The SMILES string of the molecule is c1cc(C2CN3CCC2CC3)co1. The van der Waals surface area contributed by atoms with Crippen LogP contribution in [0.4, 0.5) is 0 Å². The molecule has 4 rings (SSSR count). The number of furan rings is 1. The van der Waals surface area contributed by atoms with Crippen molar-refractivity contribution < 1.29 is 4.42 Å². The number of piperidine rings is 3. The highest BCUT2D eigenvalue weighted by atomic mass is 16.3. The lowest BCUT2D eigenvalue weighted by atomic mass is 9.76. The second-order valence-corrected chi connectivity index (χ2v) is 4.30. The molecule has 3 aliphatic heterocycles. The molecule has 0 aliphatic carbocycles. The minimum Gasteiger partial charge on any atom is -0.472 e. The van der Waals surface area contributed by atoms with Crippen molar-refractivity contribution in [3.05, 3.63) is 24.2 Å². The molecule has 0 radical (unpaired) electrons. The molecular weight excluding hydrogens is 162 g/mol. The van der Waals surface area contributed by atoms with Crippen molar-refractivity contribution in [2.75, 3.05) is 19.6 Å². The summed E-state index contributed by atoms with van der Waals surface area (Å²) in [4.78, 5) is 2.58. The first-order chi connectivity index (χ1) is 6.43. The van der Waals surface area contributed by atoms with Crippen LogP contribution in [0.2, 0.25) is 0 Å². The van der Waals surface area contributed by atoms with E-state index in [1.54, 1.807) is 6.26 Å². The maximum atomic E-state index is 5.16. The van der Waals surface area contributed by atoms with E-state index in [0.29, 0.717) is 0 Å². The molecule has 3 saturated heterocycles. The number of nitrogens with zero attached hydrogens (tertiary/aromatic N) is 1. The van der Waals surface area contributed by atoms with Gasteiger partial charge in [0.05, 0.1) is 12.5 Å². The second kappa shape index (κ2) is 2.88. The van der Waals surface area contributed by atoms with Gasteiger partial charge in [0.25, 0.3) is 0 Å². The van der Waals surface area contributed by atoms with Crippen LogP contribution in [-0.2, 0) is 0 Å². The van der Waals surface area contributed by atoms with Crippen LogP contribution >= 0.6 is 0 Å². The molecular formula is C11H15NO. The summed E-state index contributed by atoms with van der Waals surface area (Å²) < 4.78 is 5.16. The summed E-state index contributed by atoms with van der Waals surface area (Å²) in [6.45, 7) is 3.89. The summed E-state index contributed by atoms with van der Waals surface area (Å²) in [6.07, 6.45) is 6.49. The molecule has 2 heteroatoms. The first-order valence-electron chi connectivity index (χ1n) is 5.18. The first kappa shape index (κ1) is 7.63. The van der Waals surface area contributed by atoms with Crippen LogP contribution in [0.5, 0.6) is 0 Å². The second-order valence-electron chi connectivity index (χ2n) is 4.30. The van der Waals surface area contributed by atoms with Crippen molar-refractivity contribution >= 4 is 0 Å². The van der Waals surface area contributed by atoms with E-state index in [9.17, 15) is 0 Å². The Hall–Kier alpha value is -0.760. The van der Waals surface area contributed by atoms with Crippen molar-refractivity contribution in [1.29, 1.82) is 0 Å². The van der Waals surface area contributed by atoms with Crippen molar-refractivity contribution in [3.8, 4) is 0 Å². The van der Waals surface area contributed by atoms with Gasteiger partial charge in [-0.25, -0.2) is 0 Å². The molecule has 2 nitrogen and oxygen atoms in total. The fraction of sp³-hybridized carbons (Fsp3) is 0.636. The molecule has 0 amide bonds. The van der Waals surface area contributed by atoms with Crippen molar-refractivity contribution in [2.24, 2.45) is 5.92 Å². The highest BCUT2D eigenvalue weighted by molar-refractivity contribution is 5.16. The van der Waals surface area contributed by atoms with Gasteiger partial charge in [0.15, 0.2) is 0 Å². The lowest BCUT2D eigenvalue weighted by molar-refractivity contribution is 0.0868. The van der Waals surface area contributed by atoms with E-state index in [1.807, 2.05) is 6.26 Å². The third-order valence-corrected chi connectivity index (χ3v) is 3.63. The molecule has 2 bridgehead atoms. The molecule has 1 aromatic heterocycles. The van der Waals surface area contributed by atoms with E-state index >= 15 is 0 Å². The zero-order valence-corrected chi connectivity index (χ0v) is 7.78. The van der Waals surface area contributed by atoms with Crippen LogP contribution in [-0.4, -0.2) is 24.5 Å². The van der Waals surface area contributed by atoms with Gasteiger partial charge >= 0.3 is 0 Å². The number of rotatable bonds is 1. The maximum absolute atomic E-state index is 5.16. The van der Waals surface area contributed by atoms with Gasteiger partial charge in [-0.3, -0.25) is 0 Å². The fourth-order valence-corrected chi connectivity index (χ4v) is 2.83. The van der Waals surface area contributed by atoms with Gasteiger partial charge in [0.1, 0.15) is 0 Å². The molecule has 13 heavy (non-hydrogen) atoms. The van der Waals surface area contributed by atoms with E-state index in [0.717, 1.165) is 11.8 Å². The average Bonchev–Trinajstić information content (AvgIpc) is 2.72. The fourth-order valence-electron chi connectivity index (χ4n) is 2.83. The van der Waals surface area contributed by atoms with Crippen LogP contribution in [0.1, 0.15) is 24.3 Å². The minimum atomic E-state index is 0.751. The molecule has 70 valence electrons. The summed E-state index contributed by atoms with van der Waals surface area (Å²) >= 11 is 0. The number of hydrogen-bond donors (Lipinski definition) is 0. The molecule has 0 saturated carbocycles. The quantitative estimate of drug-likeness (QED) is 0.653. The van der Waals surface area contributed by atoms with Crippen LogP contribution < -0.4 is 0 Å². The highest BCUT2D eigenvalue weighted by Crippen LogP contribution is 2.38. The van der Waals surface area contributed by atoms with E-state index < -0.39 is 0 Å². The monoisotopic (exact) mass is 177 g/mol. The Morgan fingerprint density at radius 1 is 1.31 bits per heavy atom. The molecule has 4 heterocycles. The predicted octanol–water partition coefficient (Wildman–Crippen LogP) is 2.09. The first-order valence-corrected chi connectivity index (χ1v) is 5.18. The summed E-state index contributed by atoms with van der Waals surface area (Å²) in [5.41, 5.74) is 1.41. The molecule has 0 spiro atoms. The third kappa shape index (κ3) is 1.20. The van der Waals surface area contributed by atoms with Crippen LogP contribution in [0, 0.1) is 5.92 Å². The van der Waals surface area contributed by atoms with E-state index in [-0.39, 0.29) is 0 Å². The van der Waals surface area contributed by atoms with Gasteiger partial charge in [-0.1, -0.05) is 0 Å². The Morgan fingerprint density at radius 2 is 2.15 bits per heavy atom. The molecule has 3 fully saturated rings. The third-order valence-electron chi connectivity index (χ3n) is 3.63. The Labute approximate surface area is 78.5 Å². The van der Waals surface area contributed by atoms with Gasteiger partial charge in [-0.05, 0) is 43.5 Å². The standard InChI is InChI=1S/C11H15NO/c1-4-12-5-2-9(1)11(7-12)10-3-6-13-8-10/h3,6,8-9,11H,1-2,4-5,7H2. The lowest BCUT2D eigenvalue weighted by Gasteiger charge is -2.44. The van der Waals surface area contributed by atoms with Crippen LogP contribution in [0.3, 0.4) is 0 Å². The zero-order chi connectivity index (χ0) is 8.67. The minimum absolute atomic E-state index is 0.751. The Kier molecular flexibility index (Phi) is 1.69. The van der Waals surface area contributed by atoms with Gasteiger partial charge in [0, 0.05) is 12.5 Å². The van der Waals surface area contributed by atoms with Gasteiger partial charge in [-0.2, -0.15) is 0 Å². The maximum Gasteiger partial charge on any atom is 0.0937 e. The molecule has 0 N–H and O–H groups in total. The van der Waals surface area contributed by atoms with Crippen LogP contribution in [0.15, 0.2) is 23.0 Å². The van der Waals surface area contributed by atoms with Gasteiger partial charge in [0.2, 0.25) is 0 Å². The van der Waals surface area contributed by atoms with Crippen molar-refractivity contribution in [1.82, 2.24) is 4.90 Å². The average molecular weight is 177 g/mol. The van der Waals surface area contributed by atoms with Gasteiger partial charge < -0.3 is 9.32 Å². The normalized spacial score (nSPS) is 38.0. The lowest BCUT2D eigenvalue weighted by Crippen LogP contribution is -2.46. The highest BCUT2D eigenvalue weighted by Gasteiger charge is 2.35. The molecule has 3 aliphatic rings. The summed E-state index contributed by atoms with van der Waals surface area (Å²) in [5.74, 6) is 1.67. The Morgan fingerprint density at radius 3 is 2.69 bits per heavy atom. The Bertz CT molecular complexity index is 272. The number of fused-ring (bicyclic) bond motifs is 3. The molecule has 1 aromatic rings. The largest absolute Gasteiger partial charge is 0.472 e. The van der Waals surface area contributed by atoms with Crippen molar-refractivity contribution in [2.45, 2.75) is 18.8 Å². The van der Waals surface area contributed by atoms with E-state index in [4.69, 9.17) is 4.42 Å². The van der Waals surface area contributed by atoms with Crippen molar-refractivity contribution in [3.63, 3.8) is 0 Å². The molecule has 0 aromatic carbocycles. The number of hydrogen-bond acceptors (Lipinski definition) is 2. The topological polar surface area (TPSA) is 16.4 Å². The summed E-state index contributed by atoms with van der Waals surface area (Å²) in [6, 6.07) is 2.13. The summed E-state index contributed by atoms with van der Waals surface area (Å²) in [7, 11) is 0. The predicted molar refractivity (Wildman–Crippen MR) is 50.6 cm³/mol.